The summed E-state index contributed by atoms with van der Waals surface area (Å²) in [6, 6.07) is 0.378. The number of hydrogen-bond donors (Lipinski definition) is 0. The van der Waals surface area contributed by atoms with E-state index < -0.39 is 21.4 Å². The number of alkyl halides is 3. The van der Waals surface area contributed by atoms with Crippen LogP contribution in [0.4, 0.5) is 13.2 Å². The maximum Gasteiger partial charge on any atom is 0.388 e. The molecule has 0 aromatic rings. The first-order valence-corrected chi connectivity index (χ1v) is 6.11. The molecule has 64 valence electrons. The Morgan fingerprint density at radius 3 is 1.70 bits per heavy atom. The third-order valence-corrected chi connectivity index (χ3v) is 2.45. The third kappa shape index (κ3) is 11.1. The van der Waals surface area contributed by atoms with Gasteiger partial charge in [-0.3, -0.25) is 0 Å². The van der Waals surface area contributed by atoms with E-state index in [1.54, 1.807) is 0 Å². The van der Waals surface area contributed by atoms with Crippen LogP contribution in [0.1, 0.15) is 6.42 Å². The SMILES string of the molecule is C[SiH](C)CCC(F)(F)F.Cl. The van der Waals surface area contributed by atoms with Crippen molar-refractivity contribution in [1.82, 2.24) is 0 Å². The summed E-state index contributed by atoms with van der Waals surface area (Å²) in [5, 5.41) is 0. The molecule has 0 amide bonds. The smallest absolute Gasteiger partial charge is 0.171 e. The zero-order valence-corrected chi connectivity index (χ0v) is 8.00. The molecular weight excluding hydrogens is 181 g/mol. The molecule has 0 N–H and O–H groups in total. The van der Waals surface area contributed by atoms with Gasteiger partial charge in [0.1, 0.15) is 0 Å². The van der Waals surface area contributed by atoms with Gasteiger partial charge >= 0.3 is 6.18 Å². The molecule has 0 atom stereocenters. The van der Waals surface area contributed by atoms with Crippen molar-refractivity contribution in [3.63, 3.8) is 0 Å². The minimum Gasteiger partial charge on any atom is -0.171 e. The largest absolute Gasteiger partial charge is 0.388 e. The van der Waals surface area contributed by atoms with E-state index in [-0.39, 0.29) is 12.4 Å². The van der Waals surface area contributed by atoms with E-state index >= 15 is 0 Å². The standard InChI is InChI=1S/C5H11F3Si.ClH/c1-9(2)4-3-5(6,7)8;/h9H,3-4H2,1-2H3;1H. The van der Waals surface area contributed by atoms with Gasteiger partial charge in [0, 0.05) is 15.2 Å². The van der Waals surface area contributed by atoms with Crippen LogP contribution in [0.5, 0.6) is 0 Å². The van der Waals surface area contributed by atoms with Crippen molar-refractivity contribution in [2.24, 2.45) is 0 Å². The van der Waals surface area contributed by atoms with Crippen LogP contribution in [0.2, 0.25) is 19.1 Å². The molecule has 0 unspecified atom stereocenters. The summed E-state index contributed by atoms with van der Waals surface area (Å²) in [5.74, 6) is 0. The van der Waals surface area contributed by atoms with E-state index in [0.717, 1.165) is 0 Å². The molecule has 0 spiro atoms. The topological polar surface area (TPSA) is 0 Å². The highest BCUT2D eigenvalue weighted by molar-refractivity contribution is 6.55. The van der Waals surface area contributed by atoms with Crippen LogP contribution < -0.4 is 0 Å². The average Bonchev–Trinajstić information content (AvgIpc) is 1.59. The monoisotopic (exact) mass is 192 g/mol. The van der Waals surface area contributed by atoms with Crippen LogP contribution in [-0.4, -0.2) is 15.0 Å². The summed E-state index contributed by atoms with van der Waals surface area (Å²) >= 11 is 0. The van der Waals surface area contributed by atoms with Crippen molar-refractivity contribution < 1.29 is 13.2 Å². The average molecular weight is 193 g/mol. The van der Waals surface area contributed by atoms with Gasteiger partial charge in [0.25, 0.3) is 0 Å². The second-order valence-electron chi connectivity index (χ2n) is 2.55. The lowest BCUT2D eigenvalue weighted by atomic mass is 10.5. The summed E-state index contributed by atoms with van der Waals surface area (Å²) in [6.45, 7) is 3.84. The molecule has 0 saturated heterocycles. The molecule has 0 aromatic carbocycles. The van der Waals surface area contributed by atoms with Gasteiger partial charge in [0.05, 0.1) is 0 Å². The maximum atomic E-state index is 11.4. The summed E-state index contributed by atoms with van der Waals surface area (Å²) in [4.78, 5) is 0. The molecule has 0 radical (unpaired) electrons. The lowest BCUT2D eigenvalue weighted by molar-refractivity contribution is -0.130. The Balaban J connectivity index is 0. The van der Waals surface area contributed by atoms with E-state index in [0.29, 0.717) is 6.04 Å². The van der Waals surface area contributed by atoms with Crippen molar-refractivity contribution >= 4 is 21.2 Å². The van der Waals surface area contributed by atoms with Gasteiger partial charge in [0.2, 0.25) is 0 Å². The summed E-state index contributed by atoms with van der Waals surface area (Å²) in [6.07, 6.45) is -4.52. The van der Waals surface area contributed by atoms with Gasteiger partial charge in [-0.2, -0.15) is 13.2 Å². The van der Waals surface area contributed by atoms with E-state index in [1.165, 1.54) is 0 Å². The fourth-order valence-electron chi connectivity index (χ4n) is 0.452. The molecule has 0 heterocycles. The Bertz CT molecular complexity index is 81.5. The van der Waals surface area contributed by atoms with Gasteiger partial charge in [0.15, 0.2) is 0 Å². The third-order valence-electron chi connectivity index (χ3n) is 1.01. The summed E-state index contributed by atoms with van der Waals surface area (Å²) in [5.41, 5.74) is 0. The zero-order chi connectivity index (χ0) is 7.49. The molecule has 0 nitrogen and oxygen atoms in total. The number of hydrogen-bond acceptors (Lipinski definition) is 0. The highest BCUT2D eigenvalue weighted by atomic mass is 35.5. The van der Waals surface area contributed by atoms with Crippen molar-refractivity contribution in [2.45, 2.75) is 31.7 Å². The normalized spacial score (nSPS) is 11.4. The summed E-state index contributed by atoms with van der Waals surface area (Å²) in [7, 11) is -0.990. The predicted molar refractivity (Wildman–Crippen MR) is 41.6 cm³/mol. The predicted octanol–water partition coefficient (Wildman–Crippen LogP) is 2.85. The quantitative estimate of drug-likeness (QED) is 0.591. The molecule has 0 aliphatic rings. The van der Waals surface area contributed by atoms with Crippen molar-refractivity contribution in [3.8, 4) is 0 Å². The van der Waals surface area contributed by atoms with Crippen LogP contribution >= 0.6 is 12.4 Å². The Morgan fingerprint density at radius 2 is 1.60 bits per heavy atom. The minimum atomic E-state index is -3.93. The highest BCUT2D eigenvalue weighted by Gasteiger charge is 2.26. The van der Waals surface area contributed by atoms with E-state index in [2.05, 4.69) is 0 Å². The molecule has 0 aliphatic heterocycles. The van der Waals surface area contributed by atoms with Gasteiger partial charge in [-0.15, -0.1) is 12.4 Å². The number of rotatable bonds is 2. The molecule has 0 bridgehead atoms. The van der Waals surface area contributed by atoms with E-state index in [9.17, 15) is 13.2 Å². The van der Waals surface area contributed by atoms with Gasteiger partial charge < -0.3 is 0 Å². The second-order valence-corrected chi connectivity index (χ2v) is 5.91. The fourth-order valence-corrected chi connectivity index (χ4v) is 1.36. The molecule has 0 saturated carbocycles. The first-order chi connectivity index (χ1) is 3.92. The first-order valence-electron chi connectivity index (χ1n) is 2.98. The van der Waals surface area contributed by atoms with E-state index in [4.69, 9.17) is 0 Å². The molecule has 0 aromatic heterocycles. The van der Waals surface area contributed by atoms with Crippen LogP contribution in [0.25, 0.3) is 0 Å². The molecule has 0 fully saturated rings. The molecule has 0 rings (SSSR count). The lowest BCUT2D eigenvalue weighted by Crippen LogP contribution is -2.11. The van der Waals surface area contributed by atoms with Crippen molar-refractivity contribution in [1.29, 1.82) is 0 Å². The summed E-state index contributed by atoms with van der Waals surface area (Å²) < 4.78 is 34.3. The van der Waals surface area contributed by atoms with E-state index in [1.807, 2.05) is 13.1 Å². The first kappa shape index (κ1) is 12.9. The lowest BCUT2D eigenvalue weighted by Gasteiger charge is -2.06. The molecule has 10 heavy (non-hydrogen) atoms. The minimum absolute atomic E-state index is 0. The van der Waals surface area contributed by atoms with Gasteiger partial charge in [-0.1, -0.05) is 19.1 Å². The maximum absolute atomic E-state index is 11.4. The number of halogens is 4. The molecule has 5 heteroatoms. The van der Waals surface area contributed by atoms with Crippen molar-refractivity contribution in [2.75, 3.05) is 0 Å². The van der Waals surface area contributed by atoms with Crippen molar-refractivity contribution in [3.05, 3.63) is 0 Å². The van der Waals surface area contributed by atoms with Gasteiger partial charge in [-0.05, 0) is 0 Å². The Morgan fingerprint density at radius 1 is 1.20 bits per heavy atom. The van der Waals surface area contributed by atoms with Crippen LogP contribution in [0, 0.1) is 0 Å². The Hall–Kier alpha value is 0.297. The Labute approximate surface area is 66.8 Å². The highest BCUT2D eigenvalue weighted by Crippen LogP contribution is 2.22. The van der Waals surface area contributed by atoms with Gasteiger partial charge in [-0.25, -0.2) is 0 Å². The second kappa shape index (κ2) is 5.01. The van der Waals surface area contributed by atoms with Crippen LogP contribution in [-0.2, 0) is 0 Å². The molecule has 0 aliphatic carbocycles. The Kier molecular flexibility index (Phi) is 6.48. The van der Waals surface area contributed by atoms with Crippen LogP contribution in [0.15, 0.2) is 0 Å². The zero-order valence-electron chi connectivity index (χ0n) is 6.03. The molecular formula is C5H12ClF3Si. The fraction of sp³-hybridized carbons (Fsp3) is 1.00. The van der Waals surface area contributed by atoms with Crippen LogP contribution in [0.3, 0.4) is 0 Å².